The lowest BCUT2D eigenvalue weighted by Gasteiger charge is -2.31. The zero-order valence-electron chi connectivity index (χ0n) is 11.0. The molecule has 5 nitrogen and oxygen atoms in total. The van der Waals surface area contributed by atoms with E-state index in [1.54, 1.807) is 12.1 Å². The van der Waals surface area contributed by atoms with Gasteiger partial charge in [-0.2, -0.15) is 0 Å². The second-order valence-electron chi connectivity index (χ2n) is 5.28. The molecule has 5 N–H and O–H groups in total. The molecule has 1 saturated heterocycles. The van der Waals surface area contributed by atoms with Crippen LogP contribution in [0.25, 0.3) is 0 Å². The van der Waals surface area contributed by atoms with Gasteiger partial charge in [0.15, 0.2) is 0 Å². The molecule has 1 aliphatic heterocycles. The first kappa shape index (κ1) is 13.7. The Kier molecular flexibility index (Phi) is 4.27. The number of hydrogen-bond donors (Lipinski definition) is 3. The molecule has 0 aliphatic carbocycles. The standard InChI is InChI=1S/C14H21N3O2/c15-12-1-2-13(18)11(8-12)9-17-5-3-10(4-6-17)7-14(16)19/h1-2,8,10,18H,3-7,9,15H2,(H2,16,19). The molecule has 1 aromatic rings. The number of carbonyl (C=O) groups excluding carboxylic acids is 1. The number of primary amides is 1. The van der Waals surface area contributed by atoms with Gasteiger partial charge in [0.2, 0.25) is 5.91 Å². The number of anilines is 1. The van der Waals surface area contributed by atoms with Crippen LogP contribution in [0.15, 0.2) is 18.2 Å². The molecule has 5 heteroatoms. The Balaban J connectivity index is 1.88. The third-order valence-corrected chi connectivity index (χ3v) is 3.69. The Morgan fingerprint density at radius 3 is 2.68 bits per heavy atom. The normalized spacial score (nSPS) is 17.5. The average Bonchev–Trinajstić information content (AvgIpc) is 2.35. The van der Waals surface area contributed by atoms with E-state index in [1.807, 2.05) is 6.07 Å². The molecule has 0 aromatic heterocycles. The molecule has 2 rings (SSSR count). The molecule has 19 heavy (non-hydrogen) atoms. The van der Waals surface area contributed by atoms with Crippen molar-refractivity contribution in [1.29, 1.82) is 0 Å². The summed E-state index contributed by atoms with van der Waals surface area (Å²) >= 11 is 0. The third-order valence-electron chi connectivity index (χ3n) is 3.69. The van der Waals surface area contributed by atoms with Crippen LogP contribution in [0.1, 0.15) is 24.8 Å². The lowest BCUT2D eigenvalue weighted by Crippen LogP contribution is -2.34. The van der Waals surface area contributed by atoms with Crippen LogP contribution in [0, 0.1) is 5.92 Å². The maximum Gasteiger partial charge on any atom is 0.217 e. The van der Waals surface area contributed by atoms with Gasteiger partial charge in [-0.3, -0.25) is 9.69 Å². The van der Waals surface area contributed by atoms with E-state index in [1.165, 1.54) is 0 Å². The largest absolute Gasteiger partial charge is 0.508 e. The van der Waals surface area contributed by atoms with Crippen molar-refractivity contribution in [3.05, 3.63) is 23.8 Å². The lowest BCUT2D eigenvalue weighted by molar-refractivity contribution is -0.119. The van der Waals surface area contributed by atoms with Crippen molar-refractivity contribution >= 4 is 11.6 Å². The number of aromatic hydroxyl groups is 1. The van der Waals surface area contributed by atoms with Crippen molar-refractivity contribution in [2.24, 2.45) is 11.7 Å². The number of carbonyl (C=O) groups is 1. The summed E-state index contributed by atoms with van der Waals surface area (Å²) in [6.07, 6.45) is 2.44. The van der Waals surface area contributed by atoms with E-state index in [9.17, 15) is 9.90 Å². The molecule has 1 amide bonds. The van der Waals surface area contributed by atoms with Crippen LogP contribution < -0.4 is 11.5 Å². The van der Waals surface area contributed by atoms with Crippen LogP contribution >= 0.6 is 0 Å². The number of likely N-dealkylation sites (tertiary alicyclic amines) is 1. The van der Waals surface area contributed by atoms with Crippen LogP contribution in [0.4, 0.5) is 5.69 Å². The zero-order chi connectivity index (χ0) is 13.8. The number of hydrogen-bond acceptors (Lipinski definition) is 4. The topological polar surface area (TPSA) is 92.6 Å². The number of phenolic OH excluding ortho intramolecular Hbond substituents is 1. The number of rotatable bonds is 4. The van der Waals surface area contributed by atoms with Gasteiger partial charge in [-0.05, 0) is 50.0 Å². The Hall–Kier alpha value is -1.75. The Morgan fingerprint density at radius 2 is 2.05 bits per heavy atom. The van der Waals surface area contributed by atoms with Crippen LogP contribution in [-0.4, -0.2) is 29.0 Å². The molecule has 0 bridgehead atoms. The molecule has 1 heterocycles. The van der Waals surface area contributed by atoms with Gasteiger partial charge in [-0.25, -0.2) is 0 Å². The van der Waals surface area contributed by atoms with E-state index in [0.29, 0.717) is 24.6 Å². The first-order chi connectivity index (χ1) is 9.04. The fourth-order valence-corrected chi connectivity index (χ4v) is 2.61. The minimum Gasteiger partial charge on any atom is -0.508 e. The van der Waals surface area contributed by atoms with Crippen LogP contribution in [0.5, 0.6) is 5.75 Å². The predicted molar refractivity (Wildman–Crippen MR) is 74.3 cm³/mol. The summed E-state index contributed by atoms with van der Waals surface area (Å²) in [6, 6.07) is 5.13. The molecule has 1 aliphatic rings. The summed E-state index contributed by atoms with van der Waals surface area (Å²) in [5, 5.41) is 9.79. The number of nitrogen functional groups attached to an aromatic ring is 1. The highest BCUT2D eigenvalue weighted by molar-refractivity contribution is 5.73. The van der Waals surface area contributed by atoms with Crippen molar-refractivity contribution in [2.75, 3.05) is 18.8 Å². The van der Waals surface area contributed by atoms with Gasteiger partial charge in [0, 0.05) is 24.2 Å². The quantitative estimate of drug-likeness (QED) is 0.559. The smallest absolute Gasteiger partial charge is 0.217 e. The summed E-state index contributed by atoms with van der Waals surface area (Å²) in [6.45, 7) is 2.54. The van der Waals surface area contributed by atoms with Crippen LogP contribution in [-0.2, 0) is 11.3 Å². The highest BCUT2D eigenvalue weighted by Crippen LogP contribution is 2.25. The summed E-state index contributed by atoms with van der Waals surface area (Å²) in [5.41, 5.74) is 12.5. The highest BCUT2D eigenvalue weighted by Gasteiger charge is 2.21. The molecule has 0 radical (unpaired) electrons. The average molecular weight is 263 g/mol. The second kappa shape index (κ2) is 5.93. The van der Waals surface area contributed by atoms with Crippen molar-refractivity contribution in [3.8, 4) is 5.75 Å². The van der Waals surface area contributed by atoms with Crippen LogP contribution in [0.2, 0.25) is 0 Å². The van der Waals surface area contributed by atoms with E-state index in [0.717, 1.165) is 31.5 Å². The minimum absolute atomic E-state index is 0.216. The number of nitrogens with two attached hydrogens (primary N) is 2. The van der Waals surface area contributed by atoms with Gasteiger partial charge >= 0.3 is 0 Å². The number of benzene rings is 1. The van der Waals surface area contributed by atoms with E-state index in [4.69, 9.17) is 11.5 Å². The van der Waals surface area contributed by atoms with Crippen molar-refractivity contribution < 1.29 is 9.90 Å². The minimum atomic E-state index is -0.216. The summed E-state index contributed by atoms with van der Waals surface area (Å²) in [5.74, 6) is 0.476. The first-order valence-corrected chi connectivity index (χ1v) is 6.62. The summed E-state index contributed by atoms with van der Waals surface area (Å²) in [7, 11) is 0. The Bertz CT molecular complexity index is 454. The SMILES string of the molecule is NC(=O)CC1CCN(Cc2cc(N)ccc2O)CC1. The summed E-state index contributed by atoms with van der Waals surface area (Å²) < 4.78 is 0. The number of nitrogens with zero attached hydrogens (tertiary/aromatic N) is 1. The lowest BCUT2D eigenvalue weighted by atomic mass is 9.93. The molecule has 104 valence electrons. The molecule has 0 atom stereocenters. The molecule has 0 saturated carbocycles. The highest BCUT2D eigenvalue weighted by atomic mass is 16.3. The van der Waals surface area contributed by atoms with E-state index in [2.05, 4.69) is 4.90 Å². The van der Waals surface area contributed by atoms with Gasteiger partial charge in [-0.15, -0.1) is 0 Å². The fourth-order valence-electron chi connectivity index (χ4n) is 2.61. The maximum atomic E-state index is 10.9. The fraction of sp³-hybridized carbons (Fsp3) is 0.500. The zero-order valence-corrected chi connectivity index (χ0v) is 11.0. The first-order valence-electron chi connectivity index (χ1n) is 6.62. The molecule has 0 spiro atoms. The van der Waals surface area contributed by atoms with Gasteiger partial charge in [-0.1, -0.05) is 0 Å². The van der Waals surface area contributed by atoms with Gasteiger partial charge in [0.1, 0.15) is 5.75 Å². The predicted octanol–water partition coefficient (Wildman–Crippen LogP) is 1.06. The second-order valence-corrected chi connectivity index (χ2v) is 5.28. The Morgan fingerprint density at radius 1 is 1.37 bits per heavy atom. The Labute approximate surface area is 113 Å². The molecule has 1 fully saturated rings. The molecular formula is C14H21N3O2. The van der Waals surface area contributed by atoms with Gasteiger partial charge in [0.25, 0.3) is 0 Å². The van der Waals surface area contributed by atoms with Crippen molar-refractivity contribution in [2.45, 2.75) is 25.8 Å². The third kappa shape index (κ3) is 3.86. The molecular weight excluding hydrogens is 242 g/mol. The van der Waals surface area contributed by atoms with E-state index < -0.39 is 0 Å². The number of piperidine rings is 1. The van der Waals surface area contributed by atoms with Gasteiger partial charge in [0.05, 0.1) is 0 Å². The number of amides is 1. The monoisotopic (exact) mass is 263 g/mol. The molecule has 1 aromatic carbocycles. The van der Waals surface area contributed by atoms with E-state index >= 15 is 0 Å². The van der Waals surface area contributed by atoms with E-state index in [-0.39, 0.29) is 11.7 Å². The number of phenols is 1. The maximum absolute atomic E-state index is 10.9. The van der Waals surface area contributed by atoms with Crippen LogP contribution in [0.3, 0.4) is 0 Å². The van der Waals surface area contributed by atoms with Gasteiger partial charge < -0.3 is 16.6 Å². The van der Waals surface area contributed by atoms with Crippen molar-refractivity contribution in [1.82, 2.24) is 4.90 Å². The van der Waals surface area contributed by atoms with Crippen molar-refractivity contribution in [3.63, 3.8) is 0 Å². The summed E-state index contributed by atoms with van der Waals surface area (Å²) in [4.78, 5) is 13.2. The molecule has 0 unspecified atom stereocenters.